The van der Waals surface area contributed by atoms with E-state index in [1.165, 1.54) is 7.05 Å². The van der Waals surface area contributed by atoms with Crippen molar-refractivity contribution in [3.63, 3.8) is 0 Å². The van der Waals surface area contributed by atoms with Gasteiger partial charge in [0.05, 0.1) is 0 Å². The third-order valence-corrected chi connectivity index (χ3v) is 0.563. The quantitative estimate of drug-likeness (QED) is 0.546. The van der Waals surface area contributed by atoms with E-state index in [9.17, 15) is 4.79 Å². The third kappa shape index (κ3) is 3.74. The monoisotopic (exact) mass is 137 g/mol. The summed E-state index contributed by atoms with van der Waals surface area (Å²) in [6.45, 7) is 1.57. The van der Waals surface area contributed by atoms with Crippen LogP contribution in [0.5, 0.6) is 0 Å². The Kier molecular flexibility index (Phi) is 3.35. The number of carbonyl (C=O) groups is 1. The maximum Gasteiger partial charge on any atom is 0.408 e. The van der Waals surface area contributed by atoms with Crippen molar-refractivity contribution in [2.75, 3.05) is 7.05 Å². The predicted molar refractivity (Wildman–Crippen MR) is 30.9 cm³/mol. The summed E-state index contributed by atoms with van der Waals surface area (Å²) < 4.78 is 4.41. The van der Waals surface area contributed by atoms with Gasteiger partial charge in [-0.3, -0.25) is 0 Å². The lowest BCUT2D eigenvalue weighted by atomic mass is 10.8. The summed E-state index contributed by atoms with van der Waals surface area (Å²) in [6.07, 6.45) is -0.507. The highest BCUT2D eigenvalue weighted by atomic mass is 35.5. The minimum atomic E-state index is -0.560. The highest BCUT2D eigenvalue weighted by Crippen LogP contribution is 1.94. The van der Waals surface area contributed by atoms with E-state index in [0.717, 1.165) is 0 Å². The van der Waals surface area contributed by atoms with Gasteiger partial charge in [-0.15, -0.1) is 0 Å². The van der Waals surface area contributed by atoms with Gasteiger partial charge in [-0.2, -0.15) is 0 Å². The van der Waals surface area contributed by atoms with Crippen LogP contribution in [0.1, 0.15) is 6.92 Å². The number of hydrogen-bond acceptors (Lipinski definition) is 2. The number of alkyl halides is 1. The molecule has 0 saturated carbocycles. The molecule has 0 saturated heterocycles. The maximum absolute atomic E-state index is 10.2. The van der Waals surface area contributed by atoms with E-state index in [1.54, 1.807) is 6.92 Å². The molecule has 0 heterocycles. The molecular formula is C4H8ClNO2. The molecule has 0 radical (unpaired) electrons. The van der Waals surface area contributed by atoms with Crippen LogP contribution in [0.3, 0.4) is 0 Å². The van der Waals surface area contributed by atoms with Crippen molar-refractivity contribution in [2.45, 2.75) is 12.5 Å². The van der Waals surface area contributed by atoms with Crippen molar-refractivity contribution < 1.29 is 9.53 Å². The number of amides is 1. The second-order valence-corrected chi connectivity index (χ2v) is 1.81. The van der Waals surface area contributed by atoms with E-state index in [2.05, 4.69) is 10.1 Å². The molecule has 1 N–H and O–H groups in total. The Bertz CT molecular complexity index is 84.1. The molecule has 0 aromatic rings. The van der Waals surface area contributed by atoms with Gasteiger partial charge in [-0.1, -0.05) is 11.6 Å². The largest absolute Gasteiger partial charge is 0.430 e. The molecule has 0 aromatic carbocycles. The molecule has 0 bridgehead atoms. The summed E-state index contributed by atoms with van der Waals surface area (Å²) in [5.74, 6) is 0. The van der Waals surface area contributed by atoms with Gasteiger partial charge in [-0.25, -0.2) is 4.79 Å². The Morgan fingerprint density at radius 2 is 2.38 bits per heavy atom. The van der Waals surface area contributed by atoms with Gasteiger partial charge < -0.3 is 10.1 Å². The fraction of sp³-hybridized carbons (Fsp3) is 0.750. The lowest BCUT2D eigenvalue weighted by Gasteiger charge is -2.02. The van der Waals surface area contributed by atoms with Gasteiger partial charge in [0.2, 0.25) is 0 Å². The molecule has 0 spiro atoms. The number of halogens is 1. The van der Waals surface area contributed by atoms with Crippen LogP contribution >= 0.6 is 11.6 Å². The van der Waals surface area contributed by atoms with Crippen LogP contribution in [-0.2, 0) is 4.74 Å². The van der Waals surface area contributed by atoms with Crippen molar-refractivity contribution in [3.8, 4) is 0 Å². The van der Waals surface area contributed by atoms with Crippen LogP contribution in [0.25, 0.3) is 0 Å². The summed E-state index contributed by atoms with van der Waals surface area (Å²) in [5, 5.41) is 2.25. The second-order valence-electron chi connectivity index (χ2n) is 1.20. The van der Waals surface area contributed by atoms with Crippen LogP contribution in [0.2, 0.25) is 0 Å². The number of nitrogens with one attached hydrogen (secondary N) is 1. The molecule has 3 nitrogen and oxygen atoms in total. The number of hydrogen-bond donors (Lipinski definition) is 1. The van der Waals surface area contributed by atoms with Crippen molar-refractivity contribution in [3.05, 3.63) is 0 Å². The number of rotatable bonds is 1. The predicted octanol–water partition coefficient (Wildman–Crippen LogP) is 0.927. The molecule has 0 rings (SSSR count). The van der Waals surface area contributed by atoms with Gasteiger partial charge in [0.25, 0.3) is 0 Å². The molecule has 4 heteroatoms. The van der Waals surface area contributed by atoms with Crippen molar-refractivity contribution in [2.24, 2.45) is 0 Å². The molecule has 0 aromatic heterocycles. The zero-order chi connectivity index (χ0) is 6.57. The zero-order valence-corrected chi connectivity index (χ0v) is 5.53. The lowest BCUT2D eigenvalue weighted by Crippen LogP contribution is -2.21. The number of carbonyl (C=O) groups excluding carboxylic acids is 1. The molecule has 0 aliphatic rings. The van der Waals surface area contributed by atoms with Crippen LogP contribution in [-0.4, -0.2) is 18.7 Å². The van der Waals surface area contributed by atoms with E-state index < -0.39 is 11.7 Å². The average molecular weight is 138 g/mol. The second kappa shape index (κ2) is 3.55. The zero-order valence-electron chi connectivity index (χ0n) is 4.77. The fourth-order valence-electron chi connectivity index (χ4n) is 0.206. The van der Waals surface area contributed by atoms with Gasteiger partial charge in [0.15, 0.2) is 5.56 Å². The summed E-state index contributed by atoms with van der Waals surface area (Å²) in [7, 11) is 1.47. The highest BCUT2D eigenvalue weighted by Gasteiger charge is 2.00. The van der Waals surface area contributed by atoms with Crippen LogP contribution in [0.4, 0.5) is 4.79 Å². The lowest BCUT2D eigenvalue weighted by molar-refractivity contribution is 0.141. The topological polar surface area (TPSA) is 38.3 Å². The first kappa shape index (κ1) is 7.56. The molecule has 48 valence electrons. The SMILES string of the molecule is CNC(=O)OC(C)Cl. The van der Waals surface area contributed by atoms with Crippen LogP contribution in [0.15, 0.2) is 0 Å². The van der Waals surface area contributed by atoms with E-state index in [4.69, 9.17) is 11.6 Å². The van der Waals surface area contributed by atoms with E-state index in [-0.39, 0.29) is 0 Å². The maximum atomic E-state index is 10.2. The smallest absolute Gasteiger partial charge is 0.408 e. The third-order valence-electron chi connectivity index (χ3n) is 0.474. The normalized spacial score (nSPS) is 12.4. The van der Waals surface area contributed by atoms with Gasteiger partial charge in [0.1, 0.15) is 0 Å². The molecule has 1 unspecified atom stereocenters. The first-order valence-electron chi connectivity index (χ1n) is 2.19. The first-order chi connectivity index (χ1) is 3.66. The molecule has 0 aliphatic carbocycles. The average Bonchev–Trinajstić information content (AvgIpc) is 1.65. The van der Waals surface area contributed by atoms with E-state index in [0.29, 0.717) is 0 Å². The Hall–Kier alpha value is -0.440. The number of ether oxygens (including phenoxy) is 1. The van der Waals surface area contributed by atoms with E-state index in [1.807, 2.05) is 0 Å². The summed E-state index contributed by atoms with van der Waals surface area (Å²) >= 11 is 5.27. The van der Waals surface area contributed by atoms with E-state index >= 15 is 0 Å². The van der Waals surface area contributed by atoms with Gasteiger partial charge in [0, 0.05) is 7.05 Å². The van der Waals surface area contributed by atoms with Crippen molar-refractivity contribution in [1.82, 2.24) is 5.32 Å². The van der Waals surface area contributed by atoms with Gasteiger partial charge >= 0.3 is 6.09 Å². The Labute approximate surface area is 53.0 Å². The molecule has 1 amide bonds. The molecule has 0 aliphatic heterocycles. The minimum absolute atomic E-state index is 0.507. The van der Waals surface area contributed by atoms with Gasteiger partial charge in [-0.05, 0) is 6.92 Å². The van der Waals surface area contributed by atoms with Crippen molar-refractivity contribution >= 4 is 17.7 Å². The highest BCUT2D eigenvalue weighted by molar-refractivity contribution is 6.19. The minimum Gasteiger partial charge on any atom is -0.430 e. The molecule has 0 fully saturated rings. The summed E-state index contributed by atoms with van der Waals surface area (Å²) in [5.41, 5.74) is -0.560. The molecule has 1 atom stereocenters. The molecule has 8 heavy (non-hydrogen) atoms. The Balaban J connectivity index is 3.25. The van der Waals surface area contributed by atoms with Crippen LogP contribution < -0.4 is 5.32 Å². The van der Waals surface area contributed by atoms with Crippen LogP contribution in [0, 0.1) is 0 Å². The number of alkyl carbamates (subject to hydrolysis) is 1. The van der Waals surface area contributed by atoms with Crippen molar-refractivity contribution in [1.29, 1.82) is 0 Å². The fourth-order valence-corrected chi connectivity index (χ4v) is 0.287. The summed E-state index contributed by atoms with van der Waals surface area (Å²) in [4.78, 5) is 10.2. The summed E-state index contributed by atoms with van der Waals surface area (Å²) in [6, 6.07) is 0. The first-order valence-corrected chi connectivity index (χ1v) is 2.63. The Morgan fingerprint density at radius 3 is 2.50 bits per heavy atom. The molecular weight excluding hydrogens is 130 g/mol. The standard InChI is InChI=1S/C4H8ClNO2/c1-3(5)8-4(7)6-2/h3H,1-2H3,(H,6,7). The Morgan fingerprint density at radius 1 is 1.88 bits per heavy atom.